The van der Waals surface area contributed by atoms with Crippen molar-refractivity contribution in [1.82, 2.24) is 0 Å². The lowest BCUT2D eigenvalue weighted by atomic mass is 9.97. The van der Waals surface area contributed by atoms with E-state index >= 15 is 0 Å². The lowest BCUT2D eigenvalue weighted by Crippen LogP contribution is -2.00. The molecule has 0 bridgehead atoms. The maximum Gasteiger partial charge on any atom is 0.280 e. The van der Waals surface area contributed by atoms with Crippen molar-refractivity contribution in [1.29, 1.82) is 5.26 Å². The van der Waals surface area contributed by atoms with Crippen molar-refractivity contribution in [2.75, 3.05) is 0 Å². The lowest BCUT2D eigenvalue weighted by Gasteiger charge is -2.08. The quantitative estimate of drug-likeness (QED) is 0.430. The molecule has 0 saturated heterocycles. The molecule has 0 heterocycles. The molecule has 0 atom stereocenters. The third-order valence-electron chi connectivity index (χ3n) is 3.86. The number of rotatable bonds is 1. The average molecular weight is 240 g/mol. The van der Waals surface area contributed by atoms with Crippen LogP contribution < -0.4 is 0 Å². The monoisotopic (exact) mass is 240 g/mol. The Hall–Kier alpha value is -2.15. The van der Waals surface area contributed by atoms with Crippen LogP contribution >= 0.6 is 0 Å². The van der Waals surface area contributed by atoms with Crippen molar-refractivity contribution < 1.29 is 4.92 Å². The Bertz CT molecular complexity index is 624. The molecule has 18 heavy (non-hydrogen) atoms. The molecule has 4 nitrogen and oxygen atoms in total. The molecule has 0 saturated carbocycles. The number of hydrogen-bond acceptors (Lipinski definition) is 3. The van der Waals surface area contributed by atoms with E-state index in [-0.39, 0.29) is 10.6 Å². The second-order valence-electron chi connectivity index (χ2n) is 4.81. The fourth-order valence-corrected chi connectivity index (χ4v) is 3.16. The summed E-state index contributed by atoms with van der Waals surface area (Å²) in [7, 11) is 0. The van der Waals surface area contributed by atoms with Crippen molar-refractivity contribution in [3.8, 4) is 6.07 Å². The van der Waals surface area contributed by atoms with Crippen LogP contribution in [0.5, 0.6) is 0 Å². The van der Waals surface area contributed by atoms with Crippen molar-refractivity contribution in [3.05, 3.63) is 44.5 Å². The molecule has 0 amide bonds. The van der Waals surface area contributed by atoms with Crippen LogP contribution in [0.2, 0.25) is 0 Å². The zero-order valence-corrected chi connectivity index (χ0v) is 9.90. The molecule has 0 spiro atoms. The Balaban J connectivity index is 2.31. The van der Waals surface area contributed by atoms with Crippen LogP contribution in [0.25, 0.3) is 5.57 Å². The molecule has 0 unspecified atom stereocenters. The lowest BCUT2D eigenvalue weighted by molar-refractivity contribution is -0.385. The summed E-state index contributed by atoms with van der Waals surface area (Å²) < 4.78 is 0. The van der Waals surface area contributed by atoms with E-state index in [0.717, 1.165) is 59.9 Å². The molecule has 4 heteroatoms. The van der Waals surface area contributed by atoms with Crippen molar-refractivity contribution >= 4 is 11.3 Å². The number of benzene rings is 1. The predicted octanol–water partition coefficient (Wildman–Crippen LogP) is 2.94. The van der Waals surface area contributed by atoms with Crippen LogP contribution in [0.3, 0.4) is 0 Å². The first-order valence-electron chi connectivity index (χ1n) is 6.13. The molecular formula is C14H12N2O2. The minimum absolute atomic E-state index is 0.263. The predicted molar refractivity (Wildman–Crippen MR) is 67.0 cm³/mol. The first-order valence-corrected chi connectivity index (χ1v) is 6.13. The first-order chi connectivity index (χ1) is 8.72. The highest BCUT2D eigenvalue weighted by Crippen LogP contribution is 2.44. The molecule has 90 valence electrons. The number of nitrogens with zero attached hydrogens (tertiary/aromatic N) is 2. The first kappa shape index (κ1) is 11.0. The molecular weight excluding hydrogens is 228 g/mol. The van der Waals surface area contributed by atoms with Crippen molar-refractivity contribution in [2.45, 2.75) is 32.1 Å². The van der Waals surface area contributed by atoms with E-state index in [9.17, 15) is 10.1 Å². The van der Waals surface area contributed by atoms with Gasteiger partial charge in [-0.25, -0.2) is 0 Å². The van der Waals surface area contributed by atoms with Crippen LogP contribution in [0, 0.1) is 21.4 Å². The molecule has 0 radical (unpaired) electrons. The molecule has 2 aliphatic rings. The summed E-state index contributed by atoms with van der Waals surface area (Å²) in [5.74, 6) is 0. The number of nitro groups is 1. The van der Waals surface area contributed by atoms with Crippen LogP contribution in [0.4, 0.5) is 5.69 Å². The minimum Gasteiger partial charge on any atom is -0.258 e. The number of hydrogen-bond donors (Lipinski definition) is 0. The third-order valence-corrected chi connectivity index (χ3v) is 3.86. The number of fused-ring (bicyclic) bond motifs is 2. The summed E-state index contributed by atoms with van der Waals surface area (Å²) in [6.45, 7) is 0. The van der Waals surface area contributed by atoms with Gasteiger partial charge < -0.3 is 0 Å². The number of nitriles is 1. The fraction of sp³-hybridized carbons (Fsp3) is 0.357. The highest BCUT2D eigenvalue weighted by Gasteiger charge is 2.32. The molecule has 0 N–H and O–H groups in total. The molecule has 0 aliphatic heterocycles. The summed E-state index contributed by atoms with van der Waals surface area (Å²) in [5, 5.41) is 20.1. The Morgan fingerprint density at radius 3 is 2.83 bits per heavy atom. The van der Waals surface area contributed by atoms with E-state index in [1.165, 1.54) is 6.08 Å². The average Bonchev–Trinajstić information content (AvgIpc) is 2.93. The molecule has 1 aromatic carbocycles. The Morgan fingerprint density at radius 1 is 1.28 bits per heavy atom. The normalized spacial score (nSPS) is 18.5. The van der Waals surface area contributed by atoms with E-state index in [2.05, 4.69) is 6.07 Å². The van der Waals surface area contributed by atoms with Crippen molar-refractivity contribution in [3.63, 3.8) is 0 Å². The standard InChI is InChI=1S/C14H12N2O2/c15-7-6-9-4-5-11-8-10-2-1-3-12(10)14(13(9)11)16(17)18/h6,8H,1-5H2. The second-order valence-corrected chi connectivity index (χ2v) is 4.81. The van der Waals surface area contributed by atoms with Gasteiger partial charge in [-0.2, -0.15) is 5.26 Å². The van der Waals surface area contributed by atoms with E-state index in [1.807, 2.05) is 6.07 Å². The number of aryl methyl sites for hydroxylation is 2. The van der Waals surface area contributed by atoms with E-state index < -0.39 is 0 Å². The van der Waals surface area contributed by atoms with Crippen LogP contribution in [0.1, 0.15) is 35.1 Å². The van der Waals surface area contributed by atoms with Gasteiger partial charge >= 0.3 is 0 Å². The van der Waals surface area contributed by atoms with Crippen LogP contribution in [0.15, 0.2) is 12.1 Å². The summed E-state index contributed by atoms with van der Waals surface area (Å²) in [6.07, 6.45) is 5.75. The summed E-state index contributed by atoms with van der Waals surface area (Å²) in [5.41, 5.74) is 4.89. The molecule has 0 aromatic heterocycles. The highest BCUT2D eigenvalue weighted by molar-refractivity contribution is 5.82. The minimum atomic E-state index is -0.264. The summed E-state index contributed by atoms with van der Waals surface area (Å²) in [4.78, 5) is 11.1. The molecule has 0 fully saturated rings. The number of allylic oxidation sites excluding steroid dienone is 2. The fourth-order valence-electron chi connectivity index (χ4n) is 3.16. The van der Waals surface area contributed by atoms with Gasteiger partial charge in [0.1, 0.15) is 0 Å². The third kappa shape index (κ3) is 1.44. The van der Waals surface area contributed by atoms with Gasteiger partial charge in [-0.05, 0) is 48.8 Å². The SMILES string of the molecule is N#CC=C1CCc2cc3c(c([N+](=O)[O-])c21)CCC3. The topological polar surface area (TPSA) is 66.9 Å². The van der Waals surface area contributed by atoms with Gasteiger partial charge in [0.2, 0.25) is 0 Å². The summed E-state index contributed by atoms with van der Waals surface area (Å²) >= 11 is 0. The maximum absolute atomic E-state index is 11.4. The zero-order chi connectivity index (χ0) is 12.7. The van der Waals surface area contributed by atoms with Gasteiger partial charge in [-0.15, -0.1) is 0 Å². The Morgan fingerprint density at radius 2 is 2.11 bits per heavy atom. The highest BCUT2D eigenvalue weighted by atomic mass is 16.6. The summed E-state index contributed by atoms with van der Waals surface area (Å²) in [6, 6.07) is 4.11. The zero-order valence-electron chi connectivity index (χ0n) is 9.90. The van der Waals surface area contributed by atoms with Crippen LogP contribution in [-0.2, 0) is 19.3 Å². The van der Waals surface area contributed by atoms with E-state index in [0.29, 0.717) is 0 Å². The molecule has 3 rings (SSSR count). The number of nitro benzene ring substituents is 1. The second kappa shape index (κ2) is 3.95. The van der Waals surface area contributed by atoms with Gasteiger partial charge in [-0.1, -0.05) is 6.07 Å². The molecule has 2 aliphatic carbocycles. The van der Waals surface area contributed by atoms with E-state index in [1.54, 1.807) is 0 Å². The molecule has 1 aromatic rings. The van der Waals surface area contributed by atoms with Gasteiger partial charge in [0.05, 0.1) is 16.6 Å². The smallest absolute Gasteiger partial charge is 0.258 e. The van der Waals surface area contributed by atoms with Gasteiger partial charge in [-0.3, -0.25) is 10.1 Å². The Kier molecular flexibility index (Phi) is 2.41. The largest absolute Gasteiger partial charge is 0.280 e. The Labute approximate surface area is 105 Å². The van der Waals surface area contributed by atoms with Gasteiger partial charge in [0.15, 0.2) is 0 Å². The van der Waals surface area contributed by atoms with E-state index in [4.69, 9.17) is 5.26 Å². The maximum atomic E-state index is 11.4. The van der Waals surface area contributed by atoms with Crippen LogP contribution in [-0.4, -0.2) is 4.92 Å². The van der Waals surface area contributed by atoms with Gasteiger partial charge in [0.25, 0.3) is 5.69 Å². The van der Waals surface area contributed by atoms with Gasteiger partial charge in [0, 0.05) is 11.6 Å². The van der Waals surface area contributed by atoms with Crippen molar-refractivity contribution in [2.24, 2.45) is 0 Å².